The molecule has 1 heterocycles. The smallest absolute Gasteiger partial charge is 0.216 e. The fraction of sp³-hybridized carbons (Fsp3) is 0.833. The molecule has 0 spiro atoms. The van der Waals surface area contributed by atoms with Crippen molar-refractivity contribution in [1.82, 2.24) is 19.7 Å². The molecule has 0 saturated carbocycles. The first kappa shape index (κ1) is 18.0. The second-order valence-electron chi connectivity index (χ2n) is 5.40. The zero-order valence-electron chi connectivity index (χ0n) is 12.8. The molecule has 0 aliphatic rings. The lowest BCUT2D eigenvalue weighted by atomic mass is 10.3. The lowest BCUT2D eigenvalue weighted by molar-refractivity contribution is 0.0459. The van der Waals surface area contributed by atoms with Crippen molar-refractivity contribution in [2.45, 2.75) is 32.1 Å². The van der Waals surface area contributed by atoms with Gasteiger partial charge >= 0.3 is 0 Å². The lowest BCUT2D eigenvalue weighted by Crippen LogP contribution is -2.40. The molecule has 1 rings (SSSR count). The summed E-state index contributed by atoms with van der Waals surface area (Å²) >= 11 is 0. The van der Waals surface area contributed by atoms with Crippen LogP contribution in [0.4, 0.5) is 0 Å². The first-order valence-electron chi connectivity index (χ1n) is 6.82. The van der Waals surface area contributed by atoms with E-state index in [1.165, 1.54) is 0 Å². The molecule has 1 N–H and O–H groups in total. The van der Waals surface area contributed by atoms with Gasteiger partial charge in [0.2, 0.25) is 10.0 Å². The fourth-order valence-corrected chi connectivity index (χ4v) is 2.08. The van der Waals surface area contributed by atoms with E-state index in [9.17, 15) is 8.42 Å². The number of nitrogens with zero attached hydrogens (tertiary/aromatic N) is 3. The summed E-state index contributed by atoms with van der Waals surface area (Å²) in [5.74, 6) is 0. The van der Waals surface area contributed by atoms with E-state index in [0.29, 0.717) is 33.0 Å². The van der Waals surface area contributed by atoms with Gasteiger partial charge in [-0.3, -0.25) is 4.68 Å². The summed E-state index contributed by atoms with van der Waals surface area (Å²) in [6, 6.07) is 0. The van der Waals surface area contributed by atoms with Crippen LogP contribution < -0.4 is 4.72 Å². The van der Waals surface area contributed by atoms with Crippen molar-refractivity contribution in [3.05, 3.63) is 12.4 Å². The molecule has 1 aromatic heterocycles. The van der Waals surface area contributed by atoms with Crippen molar-refractivity contribution in [1.29, 1.82) is 0 Å². The van der Waals surface area contributed by atoms with Crippen molar-refractivity contribution in [2.75, 3.05) is 33.0 Å². The van der Waals surface area contributed by atoms with Gasteiger partial charge in [-0.05, 0) is 20.8 Å². The van der Waals surface area contributed by atoms with Crippen LogP contribution in [0, 0.1) is 0 Å². The van der Waals surface area contributed by atoms with Crippen LogP contribution in [0.3, 0.4) is 0 Å². The number of hydrogen-bond donors (Lipinski definition) is 1. The molecule has 0 bridgehead atoms. The van der Waals surface area contributed by atoms with Crippen molar-refractivity contribution < 1.29 is 17.9 Å². The molecule has 0 aliphatic carbocycles. The molecule has 9 heteroatoms. The topological polar surface area (TPSA) is 95.3 Å². The molecule has 0 amide bonds. The van der Waals surface area contributed by atoms with Gasteiger partial charge in [0, 0.05) is 12.7 Å². The Balaban J connectivity index is 1.95. The third-order valence-electron chi connectivity index (χ3n) is 2.65. The summed E-state index contributed by atoms with van der Waals surface area (Å²) in [5.41, 5.74) is 0. The Labute approximate surface area is 125 Å². The summed E-state index contributed by atoms with van der Waals surface area (Å²) in [6.07, 6.45) is 3.38. The molecular weight excluding hydrogens is 296 g/mol. The average molecular weight is 320 g/mol. The van der Waals surface area contributed by atoms with Crippen LogP contribution in [-0.2, 0) is 26.0 Å². The molecule has 0 fully saturated rings. The average Bonchev–Trinajstić information content (AvgIpc) is 2.88. The maximum atomic E-state index is 11.7. The van der Waals surface area contributed by atoms with E-state index in [1.807, 2.05) is 0 Å². The van der Waals surface area contributed by atoms with E-state index in [2.05, 4.69) is 15.0 Å². The highest BCUT2D eigenvalue weighted by Gasteiger charge is 2.27. The van der Waals surface area contributed by atoms with Gasteiger partial charge in [-0.15, -0.1) is 5.10 Å². The quantitative estimate of drug-likeness (QED) is 0.611. The largest absolute Gasteiger partial charge is 0.378 e. The van der Waals surface area contributed by atoms with Crippen LogP contribution in [-0.4, -0.2) is 61.1 Å². The Kier molecular flexibility index (Phi) is 7.23. The zero-order chi connectivity index (χ0) is 15.8. The molecule has 0 aromatic carbocycles. The van der Waals surface area contributed by atoms with Gasteiger partial charge in [0.15, 0.2) is 0 Å². The first-order valence-corrected chi connectivity index (χ1v) is 8.30. The second-order valence-corrected chi connectivity index (χ2v) is 7.92. The van der Waals surface area contributed by atoms with E-state index in [4.69, 9.17) is 9.47 Å². The standard InChI is InChI=1S/C12H24N4O4S/c1-12(2,3)21(17,18)14-5-8-19-10-11-20-9-7-16-6-4-13-15-16/h4,6,14H,5,7-11H2,1-3H3. The van der Waals surface area contributed by atoms with Crippen LogP contribution in [0.15, 0.2) is 12.4 Å². The molecule has 0 aliphatic heterocycles. The highest BCUT2D eigenvalue weighted by molar-refractivity contribution is 7.90. The van der Waals surface area contributed by atoms with Crippen LogP contribution in [0.25, 0.3) is 0 Å². The number of ether oxygens (including phenoxy) is 2. The van der Waals surface area contributed by atoms with Crippen molar-refractivity contribution in [3.63, 3.8) is 0 Å². The summed E-state index contributed by atoms with van der Waals surface area (Å²) in [7, 11) is -3.30. The minimum absolute atomic E-state index is 0.262. The van der Waals surface area contributed by atoms with Crippen molar-refractivity contribution >= 4 is 10.0 Å². The minimum atomic E-state index is -3.30. The Morgan fingerprint density at radius 1 is 1.14 bits per heavy atom. The maximum absolute atomic E-state index is 11.7. The van der Waals surface area contributed by atoms with Gasteiger partial charge in [0.25, 0.3) is 0 Å². The number of hydrogen-bond acceptors (Lipinski definition) is 6. The van der Waals surface area contributed by atoms with Gasteiger partial charge in [-0.1, -0.05) is 5.21 Å². The van der Waals surface area contributed by atoms with E-state index < -0.39 is 14.8 Å². The highest BCUT2D eigenvalue weighted by Crippen LogP contribution is 2.12. The second kappa shape index (κ2) is 8.42. The molecule has 0 unspecified atom stereocenters. The van der Waals surface area contributed by atoms with Crippen LogP contribution in [0.1, 0.15) is 20.8 Å². The maximum Gasteiger partial charge on any atom is 0.216 e. The number of rotatable bonds is 10. The Bertz CT molecular complexity index is 482. The molecule has 0 radical (unpaired) electrons. The SMILES string of the molecule is CC(C)(C)S(=O)(=O)NCCOCCOCCn1ccnn1. The molecular formula is C12H24N4O4S. The zero-order valence-corrected chi connectivity index (χ0v) is 13.6. The number of nitrogens with one attached hydrogen (secondary N) is 1. The molecule has 122 valence electrons. The highest BCUT2D eigenvalue weighted by atomic mass is 32.2. The predicted octanol–water partition coefficient (Wildman–Crippen LogP) is 0.0292. The summed E-state index contributed by atoms with van der Waals surface area (Å²) < 4.78 is 37.5. The van der Waals surface area contributed by atoms with Gasteiger partial charge in [0.1, 0.15) is 0 Å². The molecule has 8 nitrogen and oxygen atoms in total. The Morgan fingerprint density at radius 3 is 2.38 bits per heavy atom. The minimum Gasteiger partial charge on any atom is -0.378 e. The van der Waals surface area contributed by atoms with Crippen molar-refractivity contribution in [2.24, 2.45) is 0 Å². The van der Waals surface area contributed by atoms with Crippen LogP contribution >= 0.6 is 0 Å². The summed E-state index contributed by atoms with van der Waals surface area (Å²) in [6.45, 7) is 7.60. The summed E-state index contributed by atoms with van der Waals surface area (Å²) in [4.78, 5) is 0. The fourth-order valence-electron chi connectivity index (χ4n) is 1.30. The van der Waals surface area contributed by atoms with E-state index in [-0.39, 0.29) is 6.54 Å². The summed E-state index contributed by atoms with van der Waals surface area (Å²) in [5, 5.41) is 7.49. The molecule has 21 heavy (non-hydrogen) atoms. The third kappa shape index (κ3) is 6.98. The monoisotopic (exact) mass is 320 g/mol. The van der Waals surface area contributed by atoms with Gasteiger partial charge < -0.3 is 9.47 Å². The number of aromatic nitrogens is 3. The van der Waals surface area contributed by atoms with Gasteiger partial charge in [0.05, 0.1) is 43.9 Å². The Hall–Kier alpha value is -1.03. The first-order chi connectivity index (χ1) is 9.83. The molecule has 0 saturated heterocycles. The normalized spacial score (nSPS) is 12.7. The third-order valence-corrected chi connectivity index (χ3v) is 4.85. The Morgan fingerprint density at radius 2 is 1.81 bits per heavy atom. The van der Waals surface area contributed by atoms with Crippen LogP contribution in [0.5, 0.6) is 0 Å². The molecule has 1 aromatic rings. The lowest BCUT2D eigenvalue weighted by Gasteiger charge is -2.19. The van der Waals surface area contributed by atoms with E-state index in [1.54, 1.807) is 37.8 Å². The number of sulfonamides is 1. The van der Waals surface area contributed by atoms with E-state index >= 15 is 0 Å². The predicted molar refractivity (Wildman–Crippen MR) is 78.3 cm³/mol. The van der Waals surface area contributed by atoms with Crippen LogP contribution in [0.2, 0.25) is 0 Å². The van der Waals surface area contributed by atoms with Gasteiger partial charge in [-0.25, -0.2) is 13.1 Å². The van der Waals surface area contributed by atoms with E-state index in [0.717, 1.165) is 0 Å². The molecule has 0 atom stereocenters. The van der Waals surface area contributed by atoms with Gasteiger partial charge in [-0.2, -0.15) is 0 Å². The van der Waals surface area contributed by atoms with Crippen molar-refractivity contribution in [3.8, 4) is 0 Å².